The number of aryl methyl sites for hydroxylation is 3. The first-order valence-electron chi connectivity index (χ1n) is 8.19. The van der Waals surface area contributed by atoms with Gasteiger partial charge in [0.1, 0.15) is 5.58 Å². The zero-order valence-electron chi connectivity index (χ0n) is 14.8. The van der Waals surface area contributed by atoms with E-state index in [1.807, 2.05) is 51.1 Å². The summed E-state index contributed by atoms with van der Waals surface area (Å²) in [7, 11) is 0. The minimum absolute atomic E-state index is 0.133. The fourth-order valence-electron chi connectivity index (χ4n) is 2.67. The smallest absolute Gasteiger partial charge is 0.287 e. The van der Waals surface area contributed by atoms with E-state index in [1.165, 1.54) is 0 Å². The molecule has 0 saturated heterocycles. The molecule has 0 spiro atoms. The van der Waals surface area contributed by atoms with Gasteiger partial charge in [0.15, 0.2) is 5.76 Å². The second-order valence-electron chi connectivity index (χ2n) is 6.23. The molecule has 2 aromatic carbocycles. The average molecular weight is 415 g/mol. The summed E-state index contributed by atoms with van der Waals surface area (Å²) in [6.45, 7) is 5.68. The predicted molar refractivity (Wildman–Crippen MR) is 106 cm³/mol. The van der Waals surface area contributed by atoms with E-state index in [1.54, 1.807) is 6.07 Å². The van der Waals surface area contributed by atoms with E-state index >= 15 is 0 Å². The minimum Gasteiger partial charge on any atom is -0.451 e. The maximum absolute atomic E-state index is 12.4. The number of halogens is 1. The van der Waals surface area contributed by atoms with Gasteiger partial charge in [0.05, 0.1) is 6.54 Å². The molecule has 6 heteroatoms. The summed E-state index contributed by atoms with van der Waals surface area (Å²) in [6, 6.07) is 11.2. The normalized spacial score (nSPS) is 10.8. The molecule has 0 unspecified atom stereocenters. The van der Waals surface area contributed by atoms with E-state index in [-0.39, 0.29) is 18.2 Å². The second-order valence-corrected chi connectivity index (χ2v) is 7.14. The number of benzene rings is 2. The Bertz CT molecular complexity index is 1010. The van der Waals surface area contributed by atoms with Gasteiger partial charge in [0, 0.05) is 21.1 Å². The lowest BCUT2D eigenvalue weighted by Crippen LogP contribution is -2.33. The lowest BCUT2D eigenvalue weighted by Gasteiger charge is -2.08. The van der Waals surface area contributed by atoms with Gasteiger partial charge in [-0.25, -0.2) is 0 Å². The fourth-order valence-corrected chi connectivity index (χ4v) is 3.04. The monoisotopic (exact) mass is 414 g/mol. The Morgan fingerprint density at radius 1 is 1.04 bits per heavy atom. The summed E-state index contributed by atoms with van der Waals surface area (Å²) < 4.78 is 6.54. The summed E-state index contributed by atoms with van der Waals surface area (Å²) in [5, 5.41) is 6.24. The Morgan fingerprint density at radius 3 is 2.54 bits per heavy atom. The van der Waals surface area contributed by atoms with Gasteiger partial charge < -0.3 is 15.1 Å². The van der Waals surface area contributed by atoms with Gasteiger partial charge in [-0.1, -0.05) is 22.0 Å². The van der Waals surface area contributed by atoms with E-state index in [4.69, 9.17) is 4.42 Å². The minimum atomic E-state index is -0.412. The first-order valence-corrected chi connectivity index (χ1v) is 8.98. The highest BCUT2D eigenvalue weighted by atomic mass is 79.9. The van der Waals surface area contributed by atoms with Gasteiger partial charge in [0.25, 0.3) is 5.91 Å². The first-order chi connectivity index (χ1) is 12.3. The van der Waals surface area contributed by atoms with Gasteiger partial charge >= 0.3 is 0 Å². The molecular formula is C20H19BrN2O3. The van der Waals surface area contributed by atoms with Gasteiger partial charge in [0.2, 0.25) is 5.91 Å². The van der Waals surface area contributed by atoms with Crippen LogP contribution in [-0.4, -0.2) is 18.4 Å². The van der Waals surface area contributed by atoms with Crippen LogP contribution < -0.4 is 10.6 Å². The van der Waals surface area contributed by atoms with Crippen molar-refractivity contribution in [2.75, 3.05) is 11.9 Å². The van der Waals surface area contributed by atoms with E-state index in [2.05, 4.69) is 26.6 Å². The zero-order valence-corrected chi connectivity index (χ0v) is 16.4. The maximum Gasteiger partial charge on any atom is 0.287 e. The van der Waals surface area contributed by atoms with Crippen LogP contribution in [0, 0.1) is 20.8 Å². The fraction of sp³-hybridized carbons (Fsp3) is 0.200. The third kappa shape index (κ3) is 3.80. The summed E-state index contributed by atoms with van der Waals surface area (Å²) in [5.41, 5.74) is 4.33. The third-order valence-corrected chi connectivity index (χ3v) is 4.80. The van der Waals surface area contributed by atoms with Crippen LogP contribution in [0.3, 0.4) is 0 Å². The lowest BCUT2D eigenvalue weighted by molar-refractivity contribution is -0.115. The standard InChI is InChI=1S/C20H19BrN2O3/c1-11-4-6-15(8-12(11)2)23-18(24)10-22-20(25)19-13(3)16-9-14(21)5-7-17(16)26-19/h4-9H,10H2,1-3H3,(H,22,25)(H,23,24). The number of hydrogen-bond acceptors (Lipinski definition) is 3. The van der Waals surface area contributed by atoms with Crippen molar-refractivity contribution in [3.8, 4) is 0 Å². The molecule has 0 radical (unpaired) electrons. The first kappa shape index (κ1) is 18.2. The quantitative estimate of drug-likeness (QED) is 0.660. The molecule has 134 valence electrons. The molecule has 0 fully saturated rings. The van der Waals surface area contributed by atoms with Crippen molar-refractivity contribution in [1.29, 1.82) is 0 Å². The van der Waals surface area contributed by atoms with Crippen LogP contribution in [0.1, 0.15) is 27.2 Å². The average Bonchev–Trinajstić information content (AvgIpc) is 2.92. The molecule has 1 aromatic heterocycles. The highest BCUT2D eigenvalue weighted by Gasteiger charge is 2.18. The third-order valence-electron chi connectivity index (χ3n) is 4.30. The Balaban J connectivity index is 1.66. The highest BCUT2D eigenvalue weighted by molar-refractivity contribution is 9.10. The second kappa shape index (κ2) is 7.33. The maximum atomic E-state index is 12.4. The van der Waals surface area contributed by atoms with Crippen LogP contribution in [0.2, 0.25) is 0 Å². The number of carbonyl (C=O) groups excluding carboxylic acids is 2. The summed E-state index contributed by atoms with van der Waals surface area (Å²) in [5.74, 6) is -0.486. The Hall–Kier alpha value is -2.60. The van der Waals surface area contributed by atoms with Crippen LogP contribution >= 0.6 is 15.9 Å². The molecule has 26 heavy (non-hydrogen) atoms. The molecule has 1 heterocycles. The molecular weight excluding hydrogens is 396 g/mol. The van der Waals surface area contributed by atoms with Crippen molar-refractivity contribution in [2.45, 2.75) is 20.8 Å². The zero-order chi connectivity index (χ0) is 18.8. The molecule has 2 amide bonds. The number of hydrogen-bond donors (Lipinski definition) is 2. The number of fused-ring (bicyclic) bond motifs is 1. The number of rotatable bonds is 4. The van der Waals surface area contributed by atoms with E-state index in [0.717, 1.165) is 26.5 Å². The summed E-state index contributed by atoms with van der Waals surface area (Å²) >= 11 is 3.41. The predicted octanol–water partition coefficient (Wildman–Crippen LogP) is 4.49. The molecule has 0 aliphatic carbocycles. The molecule has 0 aliphatic heterocycles. The van der Waals surface area contributed by atoms with Crippen molar-refractivity contribution < 1.29 is 14.0 Å². The molecule has 0 aliphatic rings. The number of amides is 2. The number of furan rings is 1. The SMILES string of the molecule is Cc1ccc(NC(=O)CNC(=O)c2oc3ccc(Br)cc3c2C)cc1C. The largest absolute Gasteiger partial charge is 0.451 e. The molecule has 0 bridgehead atoms. The molecule has 0 atom stereocenters. The summed E-state index contributed by atoms with van der Waals surface area (Å²) in [4.78, 5) is 24.5. The van der Waals surface area contributed by atoms with Crippen molar-refractivity contribution >= 4 is 44.4 Å². The van der Waals surface area contributed by atoms with Gasteiger partial charge in [-0.05, 0) is 62.2 Å². The topological polar surface area (TPSA) is 71.3 Å². The van der Waals surface area contributed by atoms with Crippen molar-refractivity contribution in [2.24, 2.45) is 0 Å². The summed E-state index contributed by atoms with van der Waals surface area (Å²) in [6.07, 6.45) is 0. The highest BCUT2D eigenvalue weighted by Crippen LogP contribution is 2.27. The molecule has 2 N–H and O–H groups in total. The van der Waals surface area contributed by atoms with Crippen molar-refractivity contribution in [3.05, 3.63) is 63.3 Å². The van der Waals surface area contributed by atoms with E-state index in [9.17, 15) is 9.59 Å². The Morgan fingerprint density at radius 2 is 1.81 bits per heavy atom. The van der Waals surface area contributed by atoms with Gasteiger partial charge in [-0.2, -0.15) is 0 Å². The molecule has 3 aromatic rings. The van der Waals surface area contributed by atoms with E-state index in [0.29, 0.717) is 11.3 Å². The number of nitrogens with one attached hydrogen (secondary N) is 2. The Kier molecular flexibility index (Phi) is 5.13. The number of carbonyl (C=O) groups is 2. The van der Waals surface area contributed by atoms with Crippen LogP contribution in [0.5, 0.6) is 0 Å². The van der Waals surface area contributed by atoms with Crippen LogP contribution in [0.4, 0.5) is 5.69 Å². The lowest BCUT2D eigenvalue weighted by atomic mass is 10.1. The van der Waals surface area contributed by atoms with Crippen LogP contribution in [0.25, 0.3) is 11.0 Å². The van der Waals surface area contributed by atoms with Gasteiger partial charge in [-0.15, -0.1) is 0 Å². The van der Waals surface area contributed by atoms with Crippen molar-refractivity contribution in [1.82, 2.24) is 5.32 Å². The van der Waals surface area contributed by atoms with E-state index < -0.39 is 5.91 Å². The van der Waals surface area contributed by atoms with Crippen molar-refractivity contribution in [3.63, 3.8) is 0 Å². The number of anilines is 1. The Labute approximate surface area is 159 Å². The molecule has 5 nitrogen and oxygen atoms in total. The molecule has 0 saturated carbocycles. The van der Waals surface area contributed by atoms with Crippen LogP contribution in [-0.2, 0) is 4.79 Å². The van der Waals surface area contributed by atoms with Gasteiger partial charge in [-0.3, -0.25) is 9.59 Å². The van der Waals surface area contributed by atoms with Crippen LogP contribution in [0.15, 0.2) is 45.3 Å². The molecule has 3 rings (SSSR count).